The van der Waals surface area contributed by atoms with Gasteiger partial charge in [-0.1, -0.05) is 6.07 Å². The van der Waals surface area contributed by atoms with E-state index in [1.54, 1.807) is 24.3 Å². The van der Waals surface area contributed by atoms with Crippen molar-refractivity contribution in [1.82, 2.24) is 19.2 Å². The standard InChI is InChI=1S/C19H27FN4O2/c1-14-6-4-9-24-17(20)16(21-18(14)24)19(25)23(10-5-13-26-3)15-7-11-22(2)12-8-15/h4,6,9,15H,5,7-8,10-13H2,1-3H3. The number of aromatic nitrogens is 2. The van der Waals surface area contributed by atoms with Gasteiger partial charge >= 0.3 is 0 Å². The molecule has 7 heteroatoms. The number of pyridine rings is 1. The highest BCUT2D eigenvalue weighted by atomic mass is 19.1. The number of carbonyl (C=O) groups excluding carboxylic acids is 1. The van der Waals surface area contributed by atoms with Gasteiger partial charge in [0.15, 0.2) is 5.69 Å². The predicted molar refractivity (Wildman–Crippen MR) is 97.9 cm³/mol. The van der Waals surface area contributed by atoms with Crippen molar-refractivity contribution in [3.8, 4) is 0 Å². The fourth-order valence-corrected chi connectivity index (χ4v) is 3.58. The molecule has 1 saturated heterocycles. The molecule has 1 fully saturated rings. The Hall–Kier alpha value is -1.99. The molecule has 0 N–H and O–H groups in total. The fraction of sp³-hybridized carbons (Fsp3) is 0.579. The van der Waals surface area contributed by atoms with Crippen molar-refractivity contribution in [2.24, 2.45) is 0 Å². The van der Waals surface area contributed by atoms with E-state index in [-0.39, 0.29) is 17.6 Å². The van der Waals surface area contributed by atoms with Gasteiger partial charge in [0.2, 0.25) is 5.95 Å². The number of halogens is 1. The van der Waals surface area contributed by atoms with Gasteiger partial charge in [-0.3, -0.25) is 9.20 Å². The Morgan fingerprint density at radius 1 is 1.42 bits per heavy atom. The molecular weight excluding hydrogens is 335 g/mol. The van der Waals surface area contributed by atoms with Crippen molar-refractivity contribution in [2.45, 2.75) is 32.2 Å². The number of nitrogens with zero attached hydrogens (tertiary/aromatic N) is 4. The van der Waals surface area contributed by atoms with Crippen LogP contribution in [0.2, 0.25) is 0 Å². The molecule has 6 nitrogen and oxygen atoms in total. The smallest absolute Gasteiger partial charge is 0.277 e. The third-order valence-electron chi connectivity index (χ3n) is 5.13. The second kappa shape index (κ2) is 8.14. The van der Waals surface area contributed by atoms with Crippen LogP contribution in [0, 0.1) is 12.9 Å². The summed E-state index contributed by atoms with van der Waals surface area (Å²) in [5.41, 5.74) is 1.25. The largest absolute Gasteiger partial charge is 0.385 e. The molecule has 142 valence electrons. The van der Waals surface area contributed by atoms with E-state index in [1.807, 2.05) is 13.0 Å². The number of carbonyl (C=O) groups is 1. The maximum Gasteiger partial charge on any atom is 0.277 e. The van der Waals surface area contributed by atoms with Crippen LogP contribution in [0.3, 0.4) is 0 Å². The lowest BCUT2D eigenvalue weighted by molar-refractivity contribution is 0.0554. The van der Waals surface area contributed by atoms with Crippen LogP contribution >= 0.6 is 0 Å². The van der Waals surface area contributed by atoms with E-state index in [4.69, 9.17) is 4.74 Å². The van der Waals surface area contributed by atoms with Gasteiger partial charge in [-0.05, 0) is 58.0 Å². The van der Waals surface area contributed by atoms with Crippen molar-refractivity contribution in [3.05, 3.63) is 35.5 Å². The Bertz CT molecular complexity index is 768. The lowest BCUT2D eigenvalue weighted by Crippen LogP contribution is -2.47. The zero-order valence-electron chi connectivity index (χ0n) is 15.7. The first-order valence-electron chi connectivity index (χ1n) is 9.14. The minimum Gasteiger partial charge on any atom is -0.385 e. The second-order valence-electron chi connectivity index (χ2n) is 7.02. The number of hydrogen-bond acceptors (Lipinski definition) is 4. The number of rotatable bonds is 6. The number of piperidine rings is 1. The minimum atomic E-state index is -0.585. The van der Waals surface area contributed by atoms with Gasteiger partial charge in [-0.15, -0.1) is 0 Å². The van der Waals surface area contributed by atoms with Crippen molar-refractivity contribution in [2.75, 3.05) is 40.4 Å². The number of methoxy groups -OCH3 is 1. The monoisotopic (exact) mass is 362 g/mol. The lowest BCUT2D eigenvalue weighted by Gasteiger charge is -2.37. The maximum absolute atomic E-state index is 14.9. The maximum atomic E-state index is 14.9. The summed E-state index contributed by atoms with van der Waals surface area (Å²) < 4.78 is 21.3. The zero-order valence-corrected chi connectivity index (χ0v) is 15.7. The number of imidazole rings is 1. The highest BCUT2D eigenvalue weighted by Gasteiger charge is 2.31. The van der Waals surface area contributed by atoms with E-state index in [9.17, 15) is 9.18 Å². The average molecular weight is 362 g/mol. The highest BCUT2D eigenvalue weighted by molar-refractivity contribution is 5.93. The summed E-state index contributed by atoms with van der Waals surface area (Å²) in [7, 11) is 3.73. The lowest BCUT2D eigenvalue weighted by atomic mass is 10.0. The van der Waals surface area contributed by atoms with E-state index in [1.165, 1.54) is 4.40 Å². The molecule has 2 aromatic heterocycles. The van der Waals surface area contributed by atoms with Crippen molar-refractivity contribution >= 4 is 11.6 Å². The third kappa shape index (κ3) is 3.73. The highest BCUT2D eigenvalue weighted by Crippen LogP contribution is 2.21. The van der Waals surface area contributed by atoms with Gasteiger partial charge in [-0.2, -0.15) is 4.39 Å². The van der Waals surface area contributed by atoms with Crippen molar-refractivity contribution in [1.29, 1.82) is 0 Å². The van der Waals surface area contributed by atoms with E-state index < -0.39 is 5.95 Å². The molecular formula is C19H27FN4O2. The van der Waals surface area contributed by atoms with Gasteiger partial charge in [0.1, 0.15) is 5.65 Å². The van der Waals surface area contributed by atoms with E-state index >= 15 is 0 Å². The van der Waals surface area contributed by atoms with Gasteiger partial charge < -0.3 is 14.5 Å². The molecule has 0 aromatic carbocycles. The first kappa shape index (κ1) is 18.8. The third-order valence-corrected chi connectivity index (χ3v) is 5.13. The Balaban J connectivity index is 1.89. The van der Waals surface area contributed by atoms with Crippen LogP contribution in [0.5, 0.6) is 0 Å². The number of aryl methyl sites for hydroxylation is 1. The molecule has 1 aliphatic heterocycles. The molecule has 0 aliphatic carbocycles. The topological polar surface area (TPSA) is 50.1 Å². The molecule has 3 rings (SSSR count). The molecule has 26 heavy (non-hydrogen) atoms. The van der Waals surface area contributed by atoms with Gasteiger partial charge in [0.05, 0.1) is 0 Å². The molecule has 2 aromatic rings. The Morgan fingerprint density at radius 2 is 2.15 bits per heavy atom. The molecule has 0 saturated carbocycles. The van der Waals surface area contributed by atoms with Crippen LogP contribution in [0.1, 0.15) is 35.3 Å². The first-order valence-corrected chi connectivity index (χ1v) is 9.14. The zero-order chi connectivity index (χ0) is 18.7. The van der Waals surface area contributed by atoms with Gasteiger partial charge in [0, 0.05) is 32.5 Å². The number of amides is 1. The molecule has 0 bridgehead atoms. The summed E-state index contributed by atoms with van der Waals surface area (Å²) in [6.45, 7) is 4.86. The summed E-state index contributed by atoms with van der Waals surface area (Å²) >= 11 is 0. The normalized spacial score (nSPS) is 16.3. The molecule has 0 unspecified atom stereocenters. The molecule has 0 spiro atoms. The molecule has 1 amide bonds. The number of hydrogen-bond donors (Lipinski definition) is 0. The summed E-state index contributed by atoms with van der Waals surface area (Å²) in [5.74, 6) is -0.908. The summed E-state index contributed by atoms with van der Waals surface area (Å²) in [4.78, 5) is 21.6. The van der Waals surface area contributed by atoms with Crippen molar-refractivity contribution < 1.29 is 13.9 Å². The number of ether oxygens (including phenoxy) is 1. The fourth-order valence-electron chi connectivity index (χ4n) is 3.58. The Morgan fingerprint density at radius 3 is 2.81 bits per heavy atom. The summed E-state index contributed by atoms with van der Waals surface area (Å²) in [5, 5.41) is 0. The van der Waals surface area contributed by atoms with E-state index in [0.717, 1.165) is 37.9 Å². The SMILES string of the molecule is COCCCN(C(=O)c1nc2c(C)cccn2c1F)C1CCN(C)CC1. The van der Waals surface area contributed by atoms with Crippen LogP contribution in [-0.2, 0) is 4.74 Å². The van der Waals surface area contributed by atoms with E-state index in [2.05, 4.69) is 16.9 Å². The molecule has 1 aliphatic rings. The van der Waals surface area contributed by atoms with Crippen LogP contribution in [0.4, 0.5) is 4.39 Å². The summed E-state index contributed by atoms with van der Waals surface area (Å²) in [6, 6.07) is 3.73. The van der Waals surface area contributed by atoms with Crippen LogP contribution in [-0.4, -0.2) is 71.5 Å². The minimum absolute atomic E-state index is 0.0874. The van der Waals surface area contributed by atoms with Gasteiger partial charge in [-0.25, -0.2) is 4.98 Å². The molecule has 0 radical (unpaired) electrons. The van der Waals surface area contributed by atoms with Crippen molar-refractivity contribution in [3.63, 3.8) is 0 Å². The quantitative estimate of drug-likeness (QED) is 0.740. The number of likely N-dealkylation sites (tertiary alicyclic amines) is 1. The number of fused-ring (bicyclic) bond motifs is 1. The summed E-state index contributed by atoms with van der Waals surface area (Å²) in [6.07, 6.45) is 4.11. The Kier molecular flexibility index (Phi) is 5.88. The Labute approximate surface area is 153 Å². The molecule has 3 heterocycles. The van der Waals surface area contributed by atoms with Crippen LogP contribution in [0.15, 0.2) is 18.3 Å². The molecule has 0 atom stereocenters. The van der Waals surface area contributed by atoms with E-state index in [0.29, 0.717) is 18.8 Å². The van der Waals surface area contributed by atoms with Gasteiger partial charge in [0.25, 0.3) is 5.91 Å². The predicted octanol–water partition coefficient (Wildman–Crippen LogP) is 2.35. The van der Waals surface area contributed by atoms with Crippen LogP contribution < -0.4 is 0 Å². The van der Waals surface area contributed by atoms with Crippen LogP contribution in [0.25, 0.3) is 5.65 Å². The second-order valence-corrected chi connectivity index (χ2v) is 7.02. The first-order chi connectivity index (χ1) is 12.5. The average Bonchev–Trinajstić information content (AvgIpc) is 2.98.